The molecular weight excluding hydrogens is 328 g/mol. The fraction of sp³-hybridized carbons (Fsp3) is 0.294. The van der Waals surface area contributed by atoms with Crippen molar-refractivity contribution in [2.45, 2.75) is 26.5 Å². The fourth-order valence-electron chi connectivity index (χ4n) is 2.34. The summed E-state index contributed by atoms with van der Waals surface area (Å²) in [7, 11) is 0. The summed E-state index contributed by atoms with van der Waals surface area (Å²) >= 11 is 0. The zero-order valence-electron chi connectivity index (χ0n) is 13.8. The van der Waals surface area contributed by atoms with Crippen LogP contribution in [0.4, 0.5) is 0 Å². The molecule has 0 saturated heterocycles. The largest absolute Gasteiger partial charge is 0.458 e. The molecule has 1 N–H and O–H groups in total. The number of aliphatic hydroxyl groups is 1. The fourth-order valence-corrected chi connectivity index (χ4v) is 2.34. The molecule has 1 atom stereocenters. The second-order valence-electron chi connectivity index (χ2n) is 5.47. The monoisotopic (exact) mass is 346 g/mol. The Balaban J connectivity index is 2.50. The van der Waals surface area contributed by atoms with E-state index in [9.17, 15) is 24.3 Å². The van der Waals surface area contributed by atoms with E-state index in [4.69, 9.17) is 4.74 Å². The minimum absolute atomic E-state index is 0.170. The third-order valence-electron chi connectivity index (χ3n) is 3.49. The van der Waals surface area contributed by atoms with Crippen LogP contribution in [0.25, 0.3) is 0 Å². The minimum atomic E-state index is -0.965. The Morgan fingerprint density at radius 1 is 1.20 bits per heavy atom. The molecule has 0 saturated carbocycles. The number of nitrogens with zero attached hydrogens (tertiary/aromatic N) is 2. The molecule has 1 heterocycles. The van der Waals surface area contributed by atoms with Crippen LogP contribution in [-0.4, -0.2) is 38.8 Å². The van der Waals surface area contributed by atoms with Crippen LogP contribution in [-0.2, 0) is 16.1 Å². The first-order chi connectivity index (χ1) is 11.8. The van der Waals surface area contributed by atoms with Crippen molar-refractivity contribution in [2.75, 3.05) is 6.61 Å². The molecule has 8 heteroatoms. The molecular formula is C17H18N2O6. The maximum atomic E-state index is 12.6. The Bertz CT molecular complexity index is 898. The minimum Gasteiger partial charge on any atom is -0.458 e. The molecule has 0 fully saturated rings. The Morgan fingerprint density at radius 2 is 1.84 bits per heavy atom. The Kier molecular flexibility index (Phi) is 5.66. The van der Waals surface area contributed by atoms with Crippen LogP contribution in [0, 0.1) is 6.92 Å². The SMILES string of the molecule is CC(=O)OC(CO)Cn1cc(C)c(=O)n(C(=O)c2ccccc2)c1=O. The van der Waals surface area contributed by atoms with Gasteiger partial charge in [-0.25, -0.2) is 4.79 Å². The molecule has 0 aliphatic rings. The second-order valence-corrected chi connectivity index (χ2v) is 5.47. The summed E-state index contributed by atoms with van der Waals surface area (Å²) in [5, 5.41) is 9.28. The van der Waals surface area contributed by atoms with E-state index in [0.717, 1.165) is 4.57 Å². The number of esters is 1. The topological polar surface area (TPSA) is 108 Å². The van der Waals surface area contributed by atoms with Crippen molar-refractivity contribution < 1.29 is 19.4 Å². The first-order valence-corrected chi connectivity index (χ1v) is 7.56. The number of hydrogen-bond donors (Lipinski definition) is 1. The van der Waals surface area contributed by atoms with E-state index in [1.54, 1.807) is 18.2 Å². The molecule has 1 aromatic heterocycles. The number of ether oxygens (including phenoxy) is 1. The molecule has 0 aliphatic carbocycles. The van der Waals surface area contributed by atoms with Gasteiger partial charge < -0.3 is 9.84 Å². The maximum Gasteiger partial charge on any atom is 0.338 e. The van der Waals surface area contributed by atoms with Crippen LogP contribution in [0.5, 0.6) is 0 Å². The number of rotatable bonds is 5. The van der Waals surface area contributed by atoms with Crippen molar-refractivity contribution in [1.29, 1.82) is 0 Å². The van der Waals surface area contributed by atoms with Gasteiger partial charge in [0, 0.05) is 24.2 Å². The average Bonchev–Trinajstić information content (AvgIpc) is 2.59. The molecule has 1 aromatic carbocycles. The Labute approximate surface area is 142 Å². The van der Waals surface area contributed by atoms with Crippen molar-refractivity contribution in [3.8, 4) is 0 Å². The highest BCUT2D eigenvalue weighted by Crippen LogP contribution is 2.01. The number of aliphatic hydroxyl groups excluding tert-OH is 1. The van der Waals surface area contributed by atoms with Crippen LogP contribution >= 0.6 is 0 Å². The lowest BCUT2D eigenvalue weighted by molar-refractivity contribution is -0.149. The predicted octanol–water partition coefficient (Wildman–Crippen LogP) is -0.0691. The average molecular weight is 346 g/mol. The lowest BCUT2D eigenvalue weighted by atomic mass is 10.2. The normalized spacial score (nSPS) is 11.8. The summed E-state index contributed by atoms with van der Waals surface area (Å²) in [5.74, 6) is -1.36. The number of hydrogen-bond acceptors (Lipinski definition) is 6. The summed E-state index contributed by atoms with van der Waals surface area (Å²) in [4.78, 5) is 48.4. The molecule has 0 amide bonds. The van der Waals surface area contributed by atoms with E-state index >= 15 is 0 Å². The molecule has 25 heavy (non-hydrogen) atoms. The Hall–Kier alpha value is -3.00. The van der Waals surface area contributed by atoms with Crippen LogP contribution in [0.1, 0.15) is 22.8 Å². The molecule has 2 aromatic rings. The van der Waals surface area contributed by atoms with Crippen LogP contribution in [0.2, 0.25) is 0 Å². The number of benzene rings is 1. The summed E-state index contributed by atoms with van der Waals surface area (Å²) in [6.07, 6.45) is 0.304. The van der Waals surface area contributed by atoms with Gasteiger partial charge in [0.05, 0.1) is 13.2 Å². The molecule has 1 unspecified atom stereocenters. The molecule has 0 radical (unpaired) electrons. The van der Waals surface area contributed by atoms with Gasteiger partial charge in [-0.15, -0.1) is 0 Å². The van der Waals surface area contributed by atoms with E-state index in [2.05, 4.69) is 0 Å². The number of carbonyl (C=O) groups excluding carboxylic acids is 2. The van der Waals surface area contributed by atoms with E-state index < -0.39 is 35.8 Å². The summed E-state index contributed by atoms with van der Waals surface area (Å²) in [6, 6.07) is 7.94. The van der Waals surface area contributed by atoms with Crippen molar-refractivity contribution in [1.82, 2.24) is 9.13 Å². The lowest BCUT2D eigenvalue weighted by Gasteiger charge is -2.17. The zero-order chi connectivity index (χ0) is 18.6. The molecule has 132 valence electrons. The van der Waals surface area contributed by atoms with E-state index in [1.165, 1.54) is 32.2 Å². The first-order valence-electron chi connectivity index (χ1n) is 7.56. The van der Waals surface area contributed by atoms with Gasteiger partial charge in [0.15, 0.2) is 0 Å². The molecule has 0 bridgehead atoms. The molecule has 0 spiro atoms. The highest BCUT2D eigenvalue weighted by molar-refractivity contribution is 5.95. The van der Waals surface area contributed by atoms with Crippen LogP contribution in [0.3, 0.4) is 0 Å². The summed E-state index contributed by atoms with van der Waals surface area (Å²) in [6.45, 7) is 1.96. The lowest BCUT2D eigenvalue weighted by Crippen LogP contribution is -2.46. The van der Waals surface area contributed by atoms with Gasteiger partial charge in [-0.2, -0.15) is 4.57 Å². The van der Waals surface area contributed by atoms with Crippen molar-refractivity contribution in [3.63, 3.8) is 0 Å². The number of aromatic nitrogens is 2. The molecule has 0 aliphatic heterocycles. The van der Waals surface area contributed by atoms with E-state index in [-0.39, 0.29) is 17.7 Å². The summed E-state index contributed by atoms with van der Waals surface area (Å²) in [5.41, 5.74) is -1.22. The number of carbonyl (C=O) groups is 2. The van der Waals surface area contributed by atoms with Crippen molar-refractivity contribution >= 4 is 11.9 Å². The Morgan fingerprint density at radius 3 is 2.40 bits per heavy atom. The van der Waals surface area contributed by atoms with E-state index in [1.807, 2.05) is 0 Å². The third kappa shape index (κ3) is 4.10. The van der Waals surface area contributed by atoms with Gasteiger partial charge >= 0.3 is 11.7 Å². The van der Waals surface area contributed by atoms with Crippen molar-refractivity contribution in [2.24, 2.45) is 0 Å². The zero-order valence-corrected chi connectivity index (χ0v) is 13.8. The highest BCUT2D eigenvalue weighted by atomic mass is 16.5. The molecule has 8 nitrogen and oxygen atoms in total. The van der Waals surface area contributed by atoms with Gasteiger partial charge in [-0.1, -0.05) is 18.2 Å². The summed E-state index contributed by atoms with van der Waals surface area (Å²) < 4.78 is 6.50. The van der Waals surface area contributed by atoms with Crippen LogP contribution in [0.15, 0.2) is 46.1 Å². The predicted molar refractivity (Wildman–Crippen MR) is 88.5 cm³/mol. The maximum absolute atomic E-state index is 12.6. The smallest absolute Gasteiger partial charge is 0.338 e. The van der Waals surface area contributed by atoms with Crippen LogP contribution < -0.4 is 11.2 Å². The van der Waals surface area contributed by atoms with Gasteiger partial charge in [-0.05, 0) is 19.1 Å². The second kappa shape index (κ2) is 7.71. The van der Waals surface area contributed by atoms with Gasteiger partial charge in [0.1, 0.15) is 6.10 Å². The molecule has 2 rings (SSSR count). The van der Waals surface area contributed by atoms with Crippen molar-refractivity contribution in [3.05, 3.63) is 68.5 Å². The standard InChI is InChI=1S/C17H18N2O6/c1-11-8-18(9-14(10-20)25-12(2)21)17(24)19(15(11)22)16(23)13-6-4-3-5-7-13/h3-8,14,20H,9-10H2,1-2H3. The quantitative estimate of drug-likeness (QED) is 0.760. The number of aryl methyl sites for hydroxylation is 1. The van der Waals surface area contributed by atoms with Gasteiger partial charge in [0.25, 0.3) is 11.5 Å². The van der Waals surface area contributed by atoms with Gasteiger partial charge in [0.2, 0.25) is 0 Å². The first kappa shape index (κ1) is 18.3. The van der Waals surface area contributed by atoms with E-state index in [0.29, 0.717) is 4.57 Å². The van der Waals surface area contributed by atoms with Gasteiger partial charge in [-0.3, -0.25) is 19.0 Å². The third-order valence-corrected chi connectivity index (χ3v) is 3.49. The highest BCUT2D eigenvalue weighted by Gasteiger charge is 2.19.